The highest BCUT2D eigenvalue weighted by molar-refractivity contribution is 7.80. The number of hydrogen-bond donors (Lipinski definition) is 2. The maximum Gasteiger partial charge on any atom is 0.332 e. The van der Waals surface area contributed by atoms with Crippen molar-refractivity contribution < 1.29 is 14.4 Å². The van der Waals surface area contributed by atoms with Crippen LogP contribution in [0.15, 0.2) is 60.7 Å². The number of imide groups is 2. The van der Waals surface area contributed by atoms with E-state index >= 15 is 0 Å². The third-order valence-corrected chi connectivity index (χ3v) is 5.85. The summed E-state index contributed by atoms with van der Waals surface area (Å²) in [7, 11) is 2.79. The number of urea groups is 1. The number of benzene rings is 2. The molecule has 7 nitrogen and oxygen atoms in total. The van der Waals surface area contributed by atoms with E-state index in [-0.39, 0.29) is 0 Å². The van der Waals surface area contributed by atoms with Gasteiger partial charge >= 0.3 is 6.03 Å². The normalized spacial score (nSPS) is 23.8. The third-order valence-electron chi connectivity index (χ3n) is 5.62. The second-order valence-electron chi connectivity index (χ2n) is 7.19. The van der Waals surface area contributed by atoms with Crippen molar-refractivity contribution in [1.29, 1.82) is 0 Å². The molecule has 0 bridgehead atoms. The Morgan fingerprint density at radius 3 is 1.52 bits per heavy atom. The summed E-state index contributed by atoms with van der Waals surface area (Å²) in [5.41, 5.74) is -0.173. The number of rotatable bonds is 2. The topological polar surface area (TPSA) is 81.8 Å². The molecule has 148 valence electrons. The summed E-state index contributed by atoms with van der Waals surface area (Å²) < 4.78 is 0. The fourth-order valence-corrected chi connectivity index (χ4v) is 4.46. The van der Waals surface area contributed by atoms with Gasteiger partial charge < -0.3 is 10.6 Å². The molecule has 2 saturated heterocycles. The number of nitrogens with zero attached hydrogens (tertiary/aromatic N) is 2. The summed E-state index contributed by atoms with van der Waals surface area (Å²) in [6.07, 6.45) is 0. The van der Waals surface area contributed by atoms with Gasteiger partial charge in [-0.1, -0.05) is 60.7 Å². The van der Waals surface area contributed by atoms with Crippen molar-refractivity contribution in [3.63, 3.8) is 0 Å². The number of hydrogen-bond acceptors (Lipinski definition) is 4. The monoisotopic (exact) mass is 408 g/mol. The van der Waals surface area contributed by atoms with E-state index in [0.29, 0.717) is 5.11 Å². The van der Waals surface area contributed by atoms with Crippen LogP contribution in [0.5, 0.6) is 0 Å². The van der Waals surface area contributed by atoms with E-state index in [4.69, 9.17) is 12.2 Å². The second-order valence-corrected chi connectivity index (χ2v) is 7.59. The fourth-order valence-electron chi connectivity index (χ4n) is 4.22. The molecule has 29 heavy (non-hydrogen) atoms. The van der Waals surface area contributed by atoms with Crippen LogP contribution in [-0.2, 0) is 9.59 Å². The Balaban J connectivity index is 2.00. The quantitative estimate of drug-likeness (QED) is 0.584. The zero-order valence-corrected chi connectivity index (χ0v) is 16.8. The smallest absolute Gasteiger partial charge is 0.332 e. The molecule has 2 N–H and O–H groups in total. The minimum atomic E-state index is -1.64. The van der Waals surface area contributed by atoms with Crippen molar-refractivity contribution in [1.82, 2.24) is 20.4 Å². The molecule has 1 spiro atoms. The molecule has 2 fully saturated rings. The fraction of sp³-hybridized carbons (Fsp3) is 0.238. The van der Waals surface area contributed by atoms with E-state index < -0.39 is 35.3 Å². The van der Waals surface area contributed by atoms with Gasteiger partial charge in [0, 0.05) is 14.1 Å². The van der Waals surface area contributed by atoms with Gasteiger partial charge in [0.15, 0.2) is 10.5 Å². The van der Waals surface area contributed by atoms with Crippen molar-refractivity contribution in [3.05, 3.63) is 71.8 Å². The van der Waals surface area contributed by atoms with Gasteiger partial charge in [0.25, 0.3) is 11.8 Å². The molecule has 8 heteroatoms. The van der Waals surface area contributed by atoms with Crippen LogP contribution in [0.1, 0.15) is 23.2 Å². The van der Waals surface area contributed by atoms with E-state index in [1.807, 2.05) is 60.7 Å². The molecule has 0 aliphatic carbocycles. The summed E-state index contributed by atoms with van der Waals surface area (Å²) in [5.74, 6) is -1.15. The molecule has 2 heterocycles. The van der Waals surface area contributed by atoms with Crippen LogP contribution in [0.3, 0.4) is 0 Å². The zero-order valence-electron chi connectivity index (χ0n) is 16.0. The second kappa shape index (κ2) is 6.97. The van der Waals surface area contributed by atoms with Gasteiger partial charge in [0.05, 0.1) is 12.1 Å². The number of carbonyl (C=O) groups excluding carboxylic acids is 3. The van der Waals surface area contributed by atoms with E-state index in [1.54, 1.807) is 0 Å². The zero-order chi connectivity index (χ0) is 20.8. The number of nitrogens with one attached hydrogen (secondary N) is 2. The molecule has 2 atom stereocenters. The molecule has 2 aliphatic rings. The summed E-state index contributed by atoms with van der Waals surface area (Å²) in [6, 6.07) is 16.3. The lowest BCUT2D eigenvalue weighted by Gasteiger charge is -2.52. The molecule has 0 unspecified atom stereocenters. The molecule has 2 aromatic rings. The number of barbiturate groups is 1. The van der Waals surface area contributed by atoms with Gasteiger partial charge in [-0.05, 0) is 23.3 Å². The standard InChI is InChI=1S/C21H20N4O3S/c1-24-17(26)21(18(27)25(2)20(24)28)15(13-9-5-3-6-10-13)22-19(29)23-16(21)14-11-7-4-8-12-14/h3-12,15-16H,1-2H3,(H2,22,23,29)/t15-,16+. The molecule has 0 aromatic heterocycles. The molecular weight excluding hydrogens is 388 g/mol. The van der Waals surface area contributed by atoms with Gasteiger partial charge in [-0.15, -0.1) is 0 Å². The Hall–Kier alpha value is -3.26. The lowest BCUT2D eigenvalue weighted by Crippen LogP contribution is -2.73. The molecule has 2 aliphatic heterocycles. The van der Waals surface area contributed by atoms with E-state index in [1.165, 1.54) is 14.1 Å². The van der Waals surface area contributed by atoms with Gasteiger partial charge in [0.2, 0.25) is 0 Å². The first kappa shape index (κ1) is 19.1. The number of thiocarbonyl (C=S) groups is 1. The van der Waals surface area contributed by atoms with Gasteiger partial charge in [-0.25, -0.2) is 4.79 Å². The maximum atomic E-state index is 13.7. The van der Waals surface area contributed by atoms with Gasteiger partial charge in [-0.3, -0.25) is 19.4 Å². The van der Waals surface area contributed by atoms with Crippen LogP contribution in [0.2, 0.25) is 0 Å². The highest BCUT2D eigenvalue weighted by Gasteiger charge is 2.66. The lowest BCUT2D eigenvalue weighted by atomic mass is 9.65. The SMILES string of the molecule is CN1C(=O)N(C)C(=O)C2(C1=O)[C@@H](c1ccccc1)NC(=S)N[C@H]2c1ccccc1. The molecule has 0 radical (unpaired) electrons. The van der Waals surface area contributed by atoms with Crippen LogP contribution >= 0.6 is 12.2 Å². The maximum absolute atomic E-state index is 13.7. The first-order valence-corrected chi connectivity index (χ1v) is 9.57. The number of amides is 4. The van der Waals surface area contributed by atoms with E-state index in [2.05, 4.69) is 10.6 Å². The molecule has 0 saturated carbocycles. The Kier molecular flexibility index (Phi) is 4.58. The Morgan fingerprint density at radius 1 is 0.759 bits per heavy atom. The van der Waals surface area contributed by atoms with Crippen LogP contribution in [0.4, 0.5) is 4.79 Å². The van der Waals surface area contributed by atoms with Crippen molar-refractivity contribution in [2.45, 2.75) is 12.1 Å². The minimum absolute atomic E-state index is 0.334. The van der Waals surface area contributed by atoms with E-state index in [9.17, 15) is 14.4 Å². The summed E-state index contributed by atoms with van der Waals surface area (Å²) >= 11 is 5.43. The largest absolute Gasteiger partial charge is 0.354 e. The first-order chi connectivity index (χ1) is 13.9. The van der Waals surface area contributed by atoms with Crippen molar-refractivity contribution in [2.75, 3.05) is 14.1 Å². The minimum Gasteiger partial charge on any atom is -0.354 e. The van der Waals surface area contributed by atoms with Crippen molar-refractivity contribution in [3.8, 4) is 0 Å². The average Bonchev–Trinajstić information content (AvgIpc) is 2.76. The summed E-state index contributed by atoms with van der Waals surface area (Å²) in [4.78, 5) is 41.8. The van der Waals surface area contributed by atoms with Crippen LogP contribution in [0.25, 0.3) is 0 Å². The molecular formula is C21H20N4O3S. The highest BCUT2D eigenvalue weighted by Crippen LogP contribution is 2.50. The van der Waals surface area contributed by atoms with Crippen molar-refractivity contribution >= 4 is 35.2 Å². The van der Waals surface area contributed by atoms with Crippen molar-refractivity contribution in [2.24, 2.45) is 5.41 Å². The van der Waals surface area contributed by atoms with E-state index in [0.717, 1.165) is 20.9 Å². The van der Waals surface area contributed by atoms with Crippen LogP contribution < -0.4 is 10.6 Å². The van der Waals surface area contributed by atoms with Gasteiger partial charge in [-0.2, -0.15) is 0 Å². The summed E-state index contributed by atoms with van der Waals surface area (Å²) in [6.45, 7) is 0. The Labute approximate surface area is 173 Å². The van der Waals surface area contributed by atoms with Gasteiger partial charge in [0.1, 0.15) is 0 Å². The summed E-state index contributed by atoms with van der Waals surface area (Å²) in [5, 5.41) is 6.58. The Bertz CT molecular complexity index is 918. The number of carbonyl (C=O) groups is 3. The predicted molar refractivity (Wildman–Crippen MR) is 111 cm³/mol. The average molecular weight is 408 g/mol. The first-order valence-electron chi connectivity index (χ1n) is 9.16. The Morgan fingerprint density at radius 2 is 1.14 bits per heavy atom. The molecule has 2 aromatic carbocycles. The highest BCUT2D eigenvalue weighted by atomic mass is 32.1. The molecule has 4 rings (SSSR count). The molecule has 4 amide bonds. The van der Waals surface area contributed by atoms with Crippen LogP contribution in [-0.4, -0.2) is 46.9 Å². The van der Waals surface area contributed by atoms with Crippen LogP contribution in [0, 0.1) is 5.41 Å². The predicted octanol–water partition coefficient (Wildman–Crippen LogP) is 1.98. The lowest BCUT2D eigenvalue weighted by molar-refractivity contribution is -0.163. The third kappa shape index (κ3) is 2.71.